The lowest BCUT2D eigenvalue weighted by Gasteiger charge is -2.45. The normalized spacial score (nSPS) is 21.6. The van der Waals surface area contributed by atoms with E-state index in [4.69, 9.17) is 23.8 Å². The number of nitrogens with zero attached hydrogens (tertiary/aromatic N) is 2. The minimum atomic E-state index is -0.536. The molecule has 0 radical (unpaired) electrons. The van der Waals surface area contributed by atoms with Crippen LogP contribution < -0.4 is 15.1 Å². The number of rotatable bonds is 2. The van der Waals surface area contributed by atoms with Gasteiger partial charge in [0.2, 0.25) is 0 Å². The van der Waals surface area contributed by atoms with E-state index in [2.05, 4.69) is 54.0 Å². The van der Waals surface area contributed by atoms with E-state index in [0.717, 1.165) is 22.1 Å². The van der Waals surface area contributed by atoms with Crippen LogP contribution in [-0.4, -0.2) is 29.5 Å². The second-order valence-electron chi connectivity index (χ2n) is 8.85. The zero-order valence-corrected chi connectivity index (χ0v) is 21.4. The molecule has 1 saturated heterocycles. The Balaban J connectivity index is 1.78. The Bertz CT molecular complexity index is 1190. The van der Waals surface area contributed by atoms with Crippen molar-refractivity contribution < 1.29 is 9.59 Å². The summed E-state index contributed by atoms with van der Waals surface area (Å²) in [6, 6.07) is 11.1. The number of carbonyl (C=O) groups excluding carboxylic acids is 2. The fraction of sp³-hybridized carbons (Fsp3) is 0.292. The average Bonchev–Trinajstić information content (AvgIpc) is 2.69. The van der Waals surface area contributed by atoms with Gasteiger partial charge in [0, 0.05) is 27.8 Å². The van der Waals surface area contributed by atoms with E-state index in [-0.39, 0.29) is 16.2 Å². The topological polar surface area (TPSA) is 52.7 Å². The molecule has 0 spiro atoms. The van der Waals surface area contributed by atoms with Crippen LogP contribution in [0.15, 0.2) is 46.4 Å². The molecule has 1 fully saturated rings. The first kappa shape index (κ1) is 23.0. The van der Waals surface area contributed by atoms with Gasteiger partial charge in [0.05, 0.1) is 5.69 Å². The Labute approximate surface area is 206 Å². The Kier molecular flexibility index (Phi) is 5.94. The molecule has 2 aromatic carbocycles. The first-order chi connectivity index (χ1) is 15.0. The Morgan fingerprint density at radius 2 is 1.97 bits per heavy atom. The highest BCUT2D eigenvalue weighted by Gasteiger charge is 2.36. The number of halogens is 2. The van der Waals surface area contributed by atoms with Gasteiger partial charge in [0.1, 0.15) is 5.57 Å². The van der Waals surface area contributed by atoms with Crippen molar-refractivity contribution >= 4 is 74.1 Å². The largest absolute Gasteiger partial charge is 0.369 e. The molecule has 0 saturated carbocycles. The molecule has 8 heteroatoms. The molecule has 2 aliphatic rings. The molecule has 1 N–H and O–H groups in total. The Hall–Kier alpha value is -2.22. The zero-order chi connectivity index (χ0) is 23.4. The Morgan fingerprint density at radius 3 is 2.66 bits per heavy atom. The molecule has 166 valence electrons. The predicted molar refractivity (Wildman–Crippen MR) is 137 cm³/mol. The summed E-state index contributed by atoms with van der Waals surface area (Å²) in [6.07, 6.45) is 2.54. The van der Waals surface area contributed by atoms with Gasteiger partial charge in [-0.15, -0.1) is 0 Å². The van der Waals surface area contributed by atoms with Crippen molar-refractivity contribution in [1.82, 2.24) is 5.32 Å². The SMILES string of the molecule is CC1CC(C)(C)N(C)c2cc(Cl)c(/C=C3\C(=O)NC(=S)N(c4cccc(Br)c4)C3=O)cc21. The summed E-state index contributed by atoms with van der Waals surface area (Å²) in [5.74, 6) is -0.712. The van der Waals surface area contributed by atoms with E-state index in [1.54, 1.807) is 24.3 Å². The van der Waals surface area contributed by atoms with Crippen molar-refractivity contribution in [2.75, 3.05) is 16.8 Å². The first-order valence-corrected chi connectivity index (χ1v) is 11.8. The lowest BCUT2D eigenvalue weighted by molar-refractivity contribution is -0.122. The van der Waals surface area contributed by atoms with Crippen molar-refractivity contribution in [3.8, 4) is 0 Å². The molecule has 2 aromatic rings. The molecule has 2 heterocycles. The maximum atomic E-state index is 13.3. The highest BCUT2D eigenvalue weighted by molar-refractivity contribution is 9.10. The van der Waals surface area contributed by atoms with E-state index in [9.17, 15) is 9.59 Å². The molecule has 5 nitrogen and oxygen atoms in total. The monoisotopic (exact) mass is 531 g/mol. The van der Waals surface area contributed by atoms with Gasteiger partial charge >= 0.3 is 0 Å². The number of carbonyl (C=O) groups is 2. The second kappa shape index (κ2) is 8.28. The number of nitrogens with one attached hydrogen (secondary N) is 1. The molecule has 0 aromatic heterocycles. The van der Waals surface area contributed by atoms with Crippen LogP contribution in [0, 0.1) is 0 Å². The molecule has 4 rings (SSSR count). The molecular weight excluding hydrogens is 510 g/mol. The summed E-state index contributed by atoms with van der Waals surface area (Å²) in [7, 11) is 2.06. The third kappa shape index (κ3) is 3.98. The van der Waals surface area contributed by atoms with E-state index in [1.165, 1.54) is 4.90 Å². The lowest BCUT2D eigenvalue weighted by Crippen LogP contribution is -2.54. The number of anilines is 2. The van der Waals surface area contributed by atoms with Crippen LogP contribution in [0.5, 0.6) is 0 Å². The van der Waals surface area contributed by atoms with E-state index in [1.807, 2.05) is 18.2 Å². The van der Waals surface area contributed by atoms with E-state index < -0.39 is 11.8 Å². The molecule has 1 atom stereocenters. The third-order valence-corrected chi connectivity index (χ3v) is 7.33. The van der Waals surface area contributed by atoms with Gasteiger partial charge in [-0.05, 0) is 85.9 Å². The van der Waals surface area contributed by atoms with Crippen LogP contribution in [0.4, 0.5) is 11.4 Å². The first-order valence-electron chi connectivity index (χ1n) is 10.2. The molecule has 32 heavy (non-hydrogen) atoms. The summed E-state index contributed by atoms with van der Waals surface area (Å²) in [4.78, 5) is 29.5. The summed E-state index contributed by atoms with van der Waals surface area (Å²) >= 11 is 15.3. The van der Waals surface area contributed by atoms with Gasteiger partial charge < -0.3 is 4.90 Å². The van der Waals surface area contributed by atoms with Gasteiger partial charge in [-0.1, -0.05) is 40.5 Å². The van der Waals surface area contributed by atoms with E-state index in [0.29, 0.717) is 22.2 Å². The van der Waals surface area contributed by atoms with Crippen LogP contribution >= 0.6 is 39.7 Å². The number of hydrogen-bond acceptors (Lipinski definition) is 4. The quantitative estimate of drug-likeness (QED) is 0.308. The minimum absolute atomic E-state index is 0.00903. The van der Waals surface area contributed by atoms with Crippen molar-refractivity contribution in [2.45, 2.75) is 38.6 Å². The molecule has 0 aliphatic carbocycles. The Morgan fingerprint density at radius 1 is 1.25 bits per heavy atom. The van der Waals surface area contributed by atoms with Crippen molar-refractivity contribution in [1.29, 1.82) is 0 Å². The molecule has 1 unspecified atom stereocenters. The maximum absolute atomic E-state index is 13.3. The smallest absolute Gasteiger partial charge is 0.270 e. The fourth-order valence-electron chi connectivity index (χ4n) is 4.38. The van der Waals surface area contributed by atoms with Crippen molar-refractivity contribution in [3.63, 3.8) is 0 Å². The predicted octanol–water partition coefficient (Wildman–Crippen LogP) is 5.66. The minimum Gasteiger partial charge on any atom is -0.369 e. The fourth-order valence-corrected chi connectivity index (χ4v) is 5.26. The van der Waals surface area contributed by atoms with Crippen molar-refractivity contribution in [2.24, 2.45) is 0 Å². The standard InChI is InChI=1S/C24H23BrClN3O2S/c1-13-12-24(2,3)28(4)20-11-19(26)14(8-17(13)20)9-18-21(30)27-23(32)29(22(18)31)16-7-5-6-15(25)10-16/h5-11,13H,12H2,1-4H3,(H,27,30,32)/b18-9+. The van der Waals surface area contributed by atoms with Gasteiger partial charge in [-0.2, -0.15) is 0 Å². The summed E-state index contributed by atoms with van der Waals surface area (Å²) in [5, 5.41) is 3.15. The zero-order valence-electron chi connectivity index (χ0n) is 18.2. The molecular formula is C24H23BrClN3O2S. The van der Waals surface area contributed by atoms with Crippen molar-refractivity contribution in [3.05, 3.63) is 62.6 Å². The summed E-state index contributed by atoms with van der Waals surface area (Å²) in [5.41, 5.74) is 3.40. The van der Waals surface area contributed by atoms with Crippen LogP contribution in [0.25, 0.3) is 6.08 Å². The van der Waals surface area contributed by atoms with Crippen LogP contribution in [0.3, 0.4) is 0 Å². The summed E-state index contributed by atoms with van der Waals surface area (Å²) < 4.78 is 0.798. The number of thiocarbonyl (C=S) groups is 1. The molecule has 2 amide bonds. The molecule has 0 bridgehead atoms. The third-order valence-electron chi connectivity index (χ3n) is 6.22. The van der Waals surface area contributed by atoms with Gasteiger partial charge in [-0.25, -0.2) is 0 Å². The average molecular weight is 533 g/mol. The number of benzene rings is 2. The highest BCUT2D eigenvalue weighted by atomic mass is 79.9. The van der Waals surface area contributed by atoms with Crippen LogP contribution in [0.1, 0.15) is 44.2 Å². The number of fused-ring (bicyclic) bond motifs is 1. The van der Waals surface area contributed by atoms with Crippen LogP contribution in [0.2, 0.25) is 5.02 Å². The molecule has 2 aliphatic heterocycles. The van der Waals surface area contributed by atoms with Gasteiger partial charge in [-0.3, -0.25) is 19.8 Å². The second-order valence-corrected chi connectivity index (χ2v) is 10.6. The maximum Gasteiger partial charge on any atom is 0.270 e. The summed E-state index contributed by atoms with van der Waals surface area (Å²) in [6.45, 7) is 6.60. The highest BCUT2D eigenvalue weighted by Crippen LogP contribution is 2.44. The number of hydrogen-bond donors (Lipinski definition) is 1. The van der Waals surface area contributed by atoms with E-state index >= 15 is 0 Å². The van der Waals surface area contributed by atoms with Gasteiger partial charge in [0.25, 0.3) is 11.8 Å². The van der Waals surface area contributed by atoms with Crippen LogP contribution in [-0.2, 0) is 9.59 Å². The lowest BCUT2D eigenvalue weighted by atomic mass is 9.80. The number of amides is 2. The van der Waals surface area contributed by atoms with Gasteiger partial charge in [0.15, 0.2) is 5.11 Å².